The fraction of sp³-hybridized carbons (Fsp3) is 0.750. The fourth-order valence-electron chi connectivity index (χ4n) is 0.246. The topological polar surface area (TPSA) is 70.0 Å². The molecule has 0 radical (unpaired) electrons. The van der Waals surface area contributed by atoms with E-state index < -0.39 is 5.54 Å². The average Bonchev–Trinajstić information content (AvgIpc) is 2.55. The molecule has 4 heteroatoms. The molecular weight excluding hydrogens is 128 g/mol. The zero-order valence-corrected chi connectivity index (χ0v) is 5.02. The lowest BCUT2D eigenvalue weighted by Crippen LogP contribution is -2.17. The molecule has 3 N–H and O–H groups in total. The van der Waals surface area contributed by atoms with Crippen molar-refractivity contribution >= 4 is 11.9 Å². The Morgan fingerprint density at radius 2 is 2.00 bits per heavy atom. The second-order valence-electron chi connectivity index (χ2n) is 1.77. The van der Waals surface area contributed by atoms with Crippen molar-refractivity contribution in [3.63, 3.8) is 0 Å². The van der Waals surface area contributed by atoms with Gasteiger partial charge in [-0.1, -0.05) is 0 Å². The van der Waals surface area contributed by atoms with Gasteiger partial charge in [0.15, 0.2) is 0 Å². The van der Waals surface area contributed by atoms with Gasteiger partial charge >= 0.3 is 0 Å². The number of halogens is 1. The molecule has 46 valence electrons. The van der Waals surface area contributed by atoms with Gasteiger partial charge in [0, 0.05) is 0 Å². The molecule has 3 nitrogen and oxygen atoms in total. The van der Waals surface area contributed by atoms with E-state index in [1.54, 1.807) is 0 Å². The maximum absolute atomic E-state index is 8.09. The maximum Gasteiger partial charge on any atom is 0.104 e. The summed E-state index contributed by atoms with van der Waals surface area (Å²) in [5.41, 5.74) is 4.88. The van der Waals surface area contributed by atoms with E-state index in [9.17, 15) is 0 Å². The van der Waals surface area contributed by atoms with E-state index >= 15 is 0 Å². The van der Waals surface area contributed by atoms with E-state index in [0.717, 1.165) is 12.8 Å². The molecular formula is C4H7ClN2O. The Morgan fingerprint density at radius 3 is 2.00 bits per heavy atom. The second kappa shape index (κ2) is 2.88. The van der Waals surface area contributed by atoms with Crippen LogP contribution in [-0.4, -0.2) is 10.2 Å². The minimum atomic E-state index is -0.403. The molecule has 1 rings (SSSR count). The molecule has 0 atom stereocenters. The Bertz CT molecular complexity index is 105. The van der Waals surface area contributed by atoms with Crippen molar-refractivity contribution in [1.82, 2.24) is 0 Å². The summed E-state index contributed by atoms with van der Waals surface area (Å²) in [5.74, 6) is 0. The zero-order valence-electron chi connectivity index (χ0n) is 4.26. The van der Waals surface area contributed by atoms with Crippen LogP contribution in [-0.2, 0) is 0 Å². The number of hydrogen-bond acceptors (Lipinski definition) is 3. The maximum atomic E-state index is 8.09. The third-order valence-corrected chi connectivity index (χ3v) is 1.01. The third-order valence-electron chi connectivity index (χ3n) is 1.01. The van der Waals surface area contributed by atoms with Crippen LogP contribution in [0.25, 0.3) is 0 Å². The van der Waals surface area contributed by atoms with Gasteiger partial charge in [-0.25, -0.2) is 0 Å². The molecule has 8 heavy (non-hydrogen) atoms. The summed E-state index contributed by atoms with van der Waals surface area (Å²) in [5, 5.41) is 8.09. The van der Waals surface area contributed by atoms with Crippen LogP contribution in [0.2, 0.25) is 0 Å². The average molecular weight is 135 g/mol. The van der Waals surface area contributed by atoms with Gasteiger partial charge in [-0.05, 0) is 12.8 Å². The van der Waals surface area contributed by atoms with Gasteiger partial charge in [-0.2, -0.15) is 5.26 Å². The van der Waals surface area contributed by atoms with Crippen molar-refractivity contribution in [1.29, 1.82) is 5.26 Å². The number of nitrogens with zero attached hydrogens (tertiary/aromatic N) is 1. The standard InChI is InChI=1S/C4H6N2.ClHO/c5-3-4(6)1-2-4;1-2/h1-2,6H2;2H. The molecule has 1 aliphatic rings. The summed E-state index contributed by atoms with van der Waals surface area (Å²) < 4.78 is 6.47. The normalized spacial score (nSPS) is 19.8. The molecule has 0 aromatic heterocycles. The van der Waals surface area contributed by atoms with Gasteiger partial charge in [0.2, 0.25) is 0 Å². The van der Waals surface area contributed by atoms with Crippen molar-refractivity contribution in [3.05, 3.63) is 0 Å². The molecule has 0 amide bonds. The van der Waals surface area contributed by atoms with Crippen molar-refractivity contribution in [2.45, 2.75) is 18.4 Å². The molecule has 0 aromatic rings. The third kappa shape index (κ3) is 2.12. The molecule has 1 saturated carbocycles. The summed E-state index contributed by atoms with van der Waals surface area (Å²) in [6.45, 7) is 0. The minimum Gasteiger partial charge on any atom is -0.313 e. The van der Waals surface area contributed by atoms with Gasteiger partial charge in [-0.15, -0.1) is 0 Å². The van der Waals surface area contributed by atoms with Crippen LogP contribution in [0.3, 0.4) is 0 Å². The Morgan fingerprint density at radius 1 is 1.62 bits per heavy atom. The zero-order chi connectivity index (χ0) is 6.62. The van der Waals surface area contributed by atoms with Crippen LogP contribution >= 0.6 is 11.9 Å². The van der Waals surface area contributed by atoms with Crippen molar-refractivity contribution in [3.8, 4) is 6.07 Å². The van der Waals surface area contributed by atoms with Crippen LogP contribution in [0.4, 0.5) is 0 Å². The first-order chi connectivity index (χ1) is 3.77. The molecule has 0 spiro atoms. The Hall–Kier alpha value is -0.300. The lowest BCUT2D eigenvalue weighted by atomic mass is 10.4. The monoisotopic (exact) mass is 134 g/mol. The van der Waals surface area contributed by atoms with Gasteiger partial charge in [0.05, 0.1) is 17.9 Å². The predicted octanol–water partition coefficient (Wildman–Crippen LogP) is 0.134. The fourth-order valence-corrected chi connectivity index (χ4v) is 0.246. The molecule has 0 aliphatic heterocycles. The summed E-state index contributed by atoms with van der Waals surface area (Å²) >= 11 is 3.64. The van der Waals surface area contributed by atoms with Crippen molar-refractivity contribution in [2.24, 2.45) is 5.73 Å². The first-order valence-corrected chi connectivity index (χ1v) is 2.48. The molecule has 0 saturated heterocycles. The number of hydrogen-bond donors (Lipinski definition) is 2. The lowest BCUT2D eigenvalue weighted by molar-refractivity contribution is 0.632. The number of rotatable bonds is 0. The van der Waals surface area contributed by atoms with E-state index in [0.29, 0.717) is 0 Å². The lowest BCUT2D eigenvalue weighted by Gasteiger charge is -1.84. The Labute approximate surface area is 52.8 Å². The van der Waals surface area contributed by atoms with Crippen molar-refractivity contribution < 1.29 is 4.66 Å². The number of nitriles is 1. The largest absolute Gasteiger partial charge is 0.313 e. The van der Waals surface area contributed by atoms with Crippen molar-refractivity contribution in [2.75, 3.05) is 0 Å². The Kier molecular flexibility index (Phi) is 2.77. The second-order valence-corrected chi connectivity index (χ2v) is 1.77. The number of nitrogens with two attached hydrogens (primary N) is 1. The molecule has 0 aromatic carbocycles. The molecule has 1 fully saturated rings. The summed E-state index contributed by atoms with van der Waals surface area (Å²) in [6.07, 6.45) is 1.78. The van der Waals surface area contributed by atoms with Gasteiger partial charge in [-0.3, -0.25) is 4.66 Å². The van der Waals surface area contributed by atoms with Gasteiger partial charge in [0.1, 0.15) is 5.54 Å². The van der Waals surface area contributed by atoms with Crippen LogP contribution in [0, 0.1) is 11.3 Å². The highest BCUT2D eigenvalue weighted by Crippen LogP contribution is 2.30. The SMILES string of the molecule is N#CC1(N)CC1.OCl. The first-order valence-electron chi connectivity index (χ1n) is 2.14. The van der Waals surface area contributed by atoms with Crippen LogP contribution in [0.1, 0.15) is 12.8 Å². The van der Waals surface area contributed by atoms with Crippen LogP contribution in [0.5, 0.6) is 0 Å². The minimum absolute atomic E-state index is 0.403. The van der Waals surface area contributed by atoms with Gasteiger partial charge < -0.3 is 5.73 Å². The van der Waals surface area contributed by atoms with E-state index in [1.807, 2.05) is 6.07 Å². The highest BCUT2D eigenvalue weighted by Gasteiger charge is 2.38. The van der Waals surface area contributed by atoms with Crippen LogP contribution < -0.4 is 5.73 Å². The first kappa shape index (κ1) is 7.70. The summed E-state index contributed by atoms with van der Waals surface area (Å²) in [7, 11) is 0. The molecule has 1 aliphatic carbocycles. The quantitative estimate of drug-likeness (QED) is 0.495. The molecule has 0 heterocycles. The van der Waals surface area contributed by atoms with Crippen LogP contribution in [0.15, 0.2) is 0 Å². The highest BCUT2D eigenvalue weighted by molar-refractivity contribution is 6.04. The van der Waals surface area contributed by atoms with Gasteiger partial charge in [0.25, 0.3) is 0 Å². The molecule has 0 unspecified atom stereocenters. The van der Waals surface area contributed by atoms with E-state index in [1.165, 1.54) is 0 Å². The summed E-state index contributed by atoms with van der Waals surface area (Å²) in [4.78, 5) is 0. The van der Waals surface area contributed by atoms with E-state index in [4.69, 9.17) is 15.7 Å². The van der Waals surface area contributed by atoms with E-state index in [2.05, 4.69) is 11.9 Å². The Balaban J connectivity index is 0.000000222. The van der Waals surface area contributed by atoms with E-state index in [-0.39, 0.29) is 0 Å². The predicted molar refractivity (Wildman–Crippen MR) is 29.8 cm³/mol. The smallest absolute Gasteiger partial charge is 0.104 e. The highest BCUT2D eigenvalue weighted by atomic mass is 35.5. The molecule has 0 bridgehead atoms. The summed E-state index contributed by atoms with van der Waals surface area (Å²) in [6, 6.07) is 1.99.